The zero-order chi connectivity index (χ0) is 17.2. The minimum absolute atomic E-state index is 0.555. The quantitative estimate of drug-likeness (QED) is 0.570. The average Bonchev–Trinajstić information content (AvgIpc) is 3.08. The molecule has 0 saturated heterocycles. The normalized spacial score (nSPS) is 10.8. The first kappa shape index (κ1) is 15.2. The molecule has 0 radical (unpaired) electrons. The monoisotopic (exact) mass is 327 g/mol. The van der Waals surface area contributed by atoms with E-state index in [1.165, 1.54) is 0 Å². The molecule has 0 atom stereocenters. The Bertz CT molecular complexity index is 930. The van der Waals surface area contributed by atoms with Crippen molar-refractivity contribution in [3.05, 3.63) is 78.1 Å². The average molecular weight is 327 g/mol. The van der Waals surface area contributed by atoms with Gasteiger partial charge < -0.3 is 0 Å². The lowest BCUT2D eigenvalue weighted by Gasteiger charge is -2.15. The topological polar surface area (TPSA) is 56.5 Å². The number of nitrogens with zero attached hydrogens (tertiary/aromatic N) is 5. The number of aryl methyl sites for hydroxylation is 2. The highest BCUT2D eigenvalue weighted by Crippen LogP contribution is 2.30. The van der Waals surface area contributed by atoms with Gasteiger partial charge >= 0.3 is 0 Å². The fourth-order valence-electron chi connectivity index (χ4n) is 2.99. The zero-order valence-corrected chi connectivity index (χ0v) is 14.1. The predicted octanol–water partition coefficient (Wildman–Crippen LogP) is 4.01. The Balaban J connectivity index is 2.04. The van der Waals surface area contributed by atoms with Crippen LogP contribution in [0.25, 0.3) is 28.7 Å². The van der Waals surface area contributed by atoms with Crippen LogP contribution in [0.1, 0.15) is 11.1 Å². The summed E-state index contributed by atoms with van der Waals surface area (Å²) < 4.78 is 2.05. The third-order valence-electron chi connectivity index (χ3n) is 4.12. The largest absolute Gasteiger partial charge is 0.272 e. The summed E-state index contributed by atoms with van der Waals surface area (Å²) in [4.78, 5) is 8.73. The fourth-order valence-corrected chi connectivity index (χ4v) is 2.99. The standard InChI is InChI=1S/C20H17N5/c1-14-8-6-9-15(2)17(14)25-19(16-10-4-3-5-11-16)23-24-20(25)18-21-12-7-13-22-18/h3-13H,1-2H3. The Hall–Kier alpha value is -3.34. The molecule has 0 bridgehead atoms. The van der Waals surface area contributed by atoms with Gasteiger partial charge in [0.1, 0.15) is 0 Å². The van der Waals surface area contributed by atoms with Crippen LogP contribution in [0.3, 0.4) is 0 Å². The maximum absolute atomic E-state index is 4.45. The Kier molecular flexibility index (Phi) is 3.82. The summed E-state index contributed by atoms with van der Waals surface area (Å²) in [6, 6.07) is 18.1. The van der Waals surface area contributed by atoms with Gasteiger partial charge in [-0.2, -0.15) is 0 Å². The molecule has 2 heterocycles. The first-order valence-electron chi connectivity index (χ1n) is 8.10. The summed E-state index contributed by atoms with van der Waals surface area (Å²) in [5, 5.41) is 8.86. The van der Waals surface area contributed by atoms with Gasteiger partial charge in [-0.3, -0.25) is 4.57 Å². The molecular weight excluding hydrogens is 310 g/mol. The van der Waals surface area contributed by atoms with Gasteiger partial charge in [0.15, 0.2) is 11.6 Å². The molecule has 0 saturated carbocycles. The van der Waals surface area contributed by atoms with Gasteiger partial charge in [0, 0.05) is 18.0 Å². The van der Waals surface area contributed by atoms with Gasteiger partial charge in [0.05, 0.1) is 5.69 Å². The Morgan fingerprint density at radius 2 is 1.32 bits per heavy atom. The van der Waals surface area contributed by atoms with Gasteiger partial charge in [0.25, 0.3) is 0 Å². The zero-order valence-electron chi connectivity index (χ0n) is 14.1. The molecule has 0 aliphatic carbocycles. The maximum atomic E-state index is 4.45. The van der Waals surface area contributed by atoms with E-state index in [0.717, 1.165) is 28.2 Å². The van der Waals surface area contributed by atoms with E-state index < -0.39 is 0 Å². The first-order valence-corrected chi connectivity index (χ1v) is 8.10. The fraction of sp³-hybridized carbons (Fsp3) is 0.100. The number of rotatable bonds is 3. The number of hydrogen-bond acceptors (Lipinski definition) is 4. The molecule has 0 fully saturated rings. The van der Waals surface area contributed by atoms with Crippen molar-refractivity contribution >= 4 is 0 Å². The third kappa shape index (κ3) is 2.70. The summed E-state index contributed by atoms with van der Waals surface area (Å²) >= 11 is 0. The molecule has 4 rings (SSSR count). The SMILES string of the molecule is Cc1cccc(C)c1-n1c(-c2ccccc2)nnc1-c1ncccn1. The van der Waals surface area contributed by atoms with Crippen molar-refractivity contribution in [2.45, 2.75) is 13.8 Å². The summed E-state index contributed by atoms with van der Waals surface area (Å²) in [5.74, 6) is 1.97. The maximum Gasteiger partial charge on any atom is 0.206 e. The molecule has 0 spiro atoms. The second kappa shape index (κ2) is 6.28. The summed E-state index contributed by atoms with van der Waals surface area (Å²) in [7, 11) is 0. The third-order valence-corrected chi connectivity index (χ3v) is 4.12. The van der Waals surface area contributed by atoms with Crippen LogP contribution in [-0.4, -0.2) is 24.7 Å². The summed E-state index contributed by atoms with van der Waals surface area (Å²) in [6.07, 6.45) is 3.43. The van der Waals surface area contributed by atoms with Crippen LogP contribution < -0.4 is 0 Å². The van der Waals surface area contributed by atoms with Crippen LogP contribution in [0.4, 0.5) is 0 Å². The lowest BCUT2D eigenvalue weighted by molar-refractivity contribution is 1.00. The molecule has 25 heavy (non-hydrogen) atoms. The molecule has 0 unspecified atom stereocenters. The lowest BCUT2D eigenvalue weighted by Crippen LogP contribution is -2.06. The molecule has 0 aliphatic heterocycles. The molecule has 5 heteroatoms. The van der Waals surface area contributed by atoms with E-state index in [0.29, 0.717) is 11.6 Å². The molecule has 2 aromatic heterocycles. The van der Waals surface area contributed by atoms with Gasteiger partial charge in [-0.15, -0.1) is 10.2 Å². The molecular formula is C20H17N5. The van der Waals surface area contributed by atoms with Crippen molar-refractivity contribution in [2.24, 2.45) is 0 Å². The van der Waals surface area contributed by atoms with Gasteiger partial charge in [-0.1, -0.05) is 48.5 Å². The summed E-state index contributed by atoms with van der Waals surface area (Å²) in [5.41, 5.74) is 4.36. The van der Waals surface area contributed by atoms with Crippen molar-refractivity contribution in [1.82, 2.24) is 24.7 Å². The van der Waals surface area contributed by atoms with E-state index >= 15 is 0 Å². The van der Waals surface area contributed by atoms with Crippen molar-refractivity contribution in [3.8, 4) is 28.7 Å². The van der Waals surface area contributed by atoms with Crippen LogP contribution in [0, 0.1) is 13.8 Å². The minimum atomic E-state index is 0.555. The molecule has 5 nitrogen and oxygen atoms in total. The highest BCUT2D eigenvalue weighted by Gasteiger charge is 2.20. The Morgan fingerprint density at radius 1 is 0.680 bits per heavy atom. The summed E-state index contributed by atoms with van der Waals surface area (Å²) in [6.45, 7) is 4.18. The first-order chi connectivity index (χ1) is 12.3. The highest BCUT2D eigenvalue weighted by molar-refractivity contribution is 5.66. The smallest absolute Gasteiger partial charge is 0.206 e. The molecule has 122 valence electrons. The van der Waals surface area contributed by atoms with Crippen molar-refractivity contribution < 1.29 is 0 Å². The van der Waals surface area contributed by atoms with Crippen molar-refractivity contribution in [2.75, 3.05) is 0 Å². The molecule has 2 aromatic carbocycles. The van der Waals surface area contributed by atoms with E-state index in [1.54, 1.807) is 18.5 Å². The van der Waals surface area contributed by atoms with Gasteiger partial charge in [-0.25, -0.2) is 9.97 Å². The van der Waals surface area contributed by atoms with Crippen LogP contribution >= 0.6 is 0 Å². The van der Waals surface area contributed by atoms with E-state index in [2.05, 4.69) is 56.8 Å². The van der Waals surface area contributed by atoms with Crippen molar-refractivity contribution in [3.63, 3.8) is 0 Å². The van der Waals surface area contributed by atoms with E-state index in [9.17, 15) is 0 Å². The Morgan fingerprint density at radius 3 is 2.00 bits per heavy atom. The van der Waals surface area contributed by atoms with Crippen LogP contribution in [0.15, 0.2) is 67.0 Å². The minimum Gasteiger partial charge on any atom is -0.272 e. The van der Waals surface area contributed by atoms with Gasteiger partial charge in [-0.05, 0) is 31.0 Å². The van der Waals surface area contributed by atoms with E-state index in [1.807, 2.05) is 30.3 Å². The molecule has 0 amide bonds. The molecule has 0 aliphatic rings. The number of para-hydroxylation sites is 1. The predicted molar refractivity (Wildman–Crippen MR) is 97.3 cm³/mol. The van der Waals surface area contributed by atoms with E-state index in [-0.39, 0.29) is 0 Å². The van der Waals surface area contributed by atoms with Crippen LogP contribution in [0.2, 0.25) is 0 Å². The van der Waals surface area contributed by atoms with Crippen LogP contribution in [0.5, 0.6) is 0 Å². The van der Waals surface area contributed by atoms with Crippen molar-refractivity contribution in [1.29, 1.82) is 0 Å². The second-order valence-electron chi connectivity index (χ2n) is 5.86. The lowest BCUT2D eigenvalue weighted by atomic mass is 10.1. The Labute approximate surface area is 146 Å². The highest BCUT2D eigenvalue weighted by atomic mass is 15.3. The molecule has 4 aromatic rings. The second-order valence-corrected chi connectivity index (χ2v) is 5.86. The number of benzene rings is 2. The van der Waals surface area contributed by atoms with E-state index in [4.69, 9.17) is 0 Å². The van der Waals surface area contributed by atoms with Crippen LogP contribution in [-0.2, 0) is 0 Å². The van der Waals surface area contributed by atoms with Gasteiger partial charge in [0.2, 0.25) is 5.82 Å². The number of aromatic nitrogens is 5. The molecule has 0 N–H and O–H groups in total. The number of hydrogen-bond donors (Lipinski definition) is 0.